The van der Waals surface area contributed by atoms with Gasteiger partial charge in [-0.2, -0.15) is 5.10 Å². The standard InChI is InChI=1S/C17H17ClN4O/c1-11-2-4-12(5-3-11)16(19)17-20-15(21-22-17)10-23-14-8-6-13(18)7-9-14/h2-9,16H,10,19H2,1H3,(H,20,21,22). The number of halogens is 1. The van der Waals surface area contributed by atoms with Gasteiger partial charge < -0.3 is 10.5 Å². The number of aromatic amines is 1. The van der Waals surface area contributed by atoms with Gasteiger partial charge in [0, 0.05) is 5.02 Å². The van der Waals surface area contributed by atoms with Crippen molar-refractivity contribution >= 4 is 11.6 Å². The molecular formula is C17H17ClN4O. The molecule has 2 aromatic carbocycles. The highest BCUT2D eigenvalue weighted by molar-refractivity contribution is 6.30. The zero-order valence-electron chi connectivity index (χ0n) is 12.7. The summed E-state index contributed by atoms with van der Waals surface area (Å²) >= 11 is 5.84. The number of nitrogens with two attached hydrogens (primary N) is 1. The normalized spacial score (nSPS) is 12.1. The van der Waals surface area contributed by atoms with Crippen LogP contribution < -0.4 is 10.5 Å². The van der Waals surface area contributed by atoms with Crippen molar-refractivity contribution in [2.24, 2.45) is 5.73 Å². The maximum absolute atomic E-state index is 6.20. The maximum atomic E-state index is 6.20. The number of benzene rings is 2. The molecule has 5 nitrogen and oxygen atoms in total. The van der Waals surface area contributed by atoms with Crippen molar-refractivity contribution in [3.05, 3.63) is 76.3 Å². The third kappa shape index (κ3) is 3.88. The molecule has 0 spiro atoms. The van der Waals surface area contributed by atoms with Gasteiger partial charge in [-0.25, -0.2) is 4.98 Å². The second kappa shape index (κ2) is 6.81. The molecule has 3 rings (SSSR count). The number of hydrogen-bond donors (Lipinski definition) is 2. The summed E-state index contributed by atoms with van der Waals surface area (Å²) < 4.78 is 5.63. The molecule has 0 aliphatic rings. The van der Waals surface area contributed by atoms with Crippen molar-refractivity contribution < 1.29 is 4.74 Å². The van der Waals surface area contributed by atoms with Gasteiger partial charge >= 0.3 is 0 Å². The van der Waals surface area contributed by atoms with Crippen molar-refractivity contribution in [3.63, 3.8) is 0 Å². The molecule has 1 atom stereocenters. The molecule has 0 saturated heterocycles. The van der Waals surface area contributed by atoms with Gasteiger partial charge in [0.2, 0.25) is 0 Å². The van der Waals surface area contributed by atoms with E-state index >= 15 is 0 Å². The second-order valence-corrected chi connectivity index (χ2v) is 5.71. The predicted molar refractivity (Wildman–Crippen MR) is 89.4 cm³/mol. The number of nitrogens with one attached hydrogen (secondary N) is 1. The number of nitrogens with zero attached hydrogens (tertiary/aromatic N) is 2. The average Bonchev–Trinajstić information content (AvgIpc) is 3.03. The fourth-order valence-electron chi connectivity index (χ4n) is 2.12. The molecule has 1 unspecified atom stereocenters. The van der Waals surface area contributed by atoms with Crippen molar-refractivity contribution in [1.82, 2.24) is 15.2 Å². The van der Waals surface area contributed by atoms with Crippen LogP contribution in [0.5, 0.6) is 5.75 Å². The first-order valence-corrected chi connectivity index (χ1v) is 7.61. The summed E-state index contributed by atoms with van der Waals surface area (Å²) in [5.74, 6) is 1.89. The first-order chi connectivity index (χ1) is 11.1. The fourth-order valence-corrected chi connectivity index (χ4v) is 2.25. The predicted octanol–water partition coefficient (Wildman–Crippen LogP) is 3.39. The van der Waals surface area contributed by atoms with E-state index in [9.17, 15) is 0 Å². The van der Waals surface area contributed by atoms with E-state index in [0.29, 0.717) is 16.7 Å². The van der Waals surface area contributed by atoms with E-state index in [0.717, 1.165) is 11.3 Å². The Morgan fingerprint density at radius 3 is 2.52 bits per heavy atom. The average molecular weight is 329 g/mol. The summed E-state index contributed by atoms with van der Waals surface area (Å²) in [5, 5.41) is 7.71. The van der Waals surface area contributed by atoms with Gasteiger partial charge in [-0.05, 0) is 36.8 Å². The van der Waals surface area contributed by atoms with Gasteiger partial charge in [-0.1, -0.05) is 41.4 Å². The van der Waals surface area contributed by atoms with E-state index in [4.69, 9.17) is 22.1 Å². The van der Waals surface area contributed by atoms with Crippen molar-refractivity contribution in [3.8, 4) is 5.75 Å². The number of H-pyrrole nitrogens is 1. The zero-order valence-corrected chi connectivity index (χ0v) is 13.4. The van der Waals surface area contributed by atoms with Crippen LogP contribution in [-0.2, 0) is 6.61 Å². The first-order valence-electron chi connectivity index (χ1n) is 7.23. The van der Waals surface area contributed by atoms with Crippen LogP contribution in [-0.4, -0.2) is 15.2 Å². The van der Waals surface area contributed by atoms with Gasteiger partial charge in [-0.3, -0.25) is 5.10 Å². The number of rotatable bonds is 5. The maximum Gasteiger partial charge on any atom is 0.172 e. The third-order valence-corrected chi connectivity index (χ3v) is 3.70. The van der Waals surface area contributed by atoms with Crippen LogP contribution in [0.25, 0.3) is 0 Å². The van der Waals surface area contributed by atoms with E-state index in [1.807, 2.05) is 31.2 Å². The number of aryl methyl sites for hydroxylation is 1. The van der Waals surface area contributed by atoms with Gasteiger partial charge in [0.05, 0.1) is 6.04 Å². The smallest absolute Gasteiger partial charge is 0.172 e. The van der Waals surface area contributed by atoms with E-state index in [1.54, 1.807) is 24.3 Å². The quantitative estimate of drug-likeness (QED) is 0.752. The highest BCUT2D eigenvalue weighted by atomic mass is 35.5. The largest absolute Gasteiger partial charge is 0.486 e. The number of aromatic nitrogens is 3. The van der Waals surface area contributed by atoms with Gasteiger partial charge in [0.15, 0.2) is 11.6 Å². The summed E-state index contributed by atoms with van der Waals surface area (Å²) in [7, 11) is 0. The number of ether oxygens (including phenoxy) is 1. The summed E-state index contributed by atoms with van der Waals surface area (Å²) in [6.45, 7) is 2.32. The highest BCUT2D eigenvalue weighted by Crippen LogP contribution is 2.18. The molecule has 0 bridgehead atoms. The second-order valence-electron chi connectivity index (χ2n) is 5.27. The lowest BCUT2D eigenvalue weighted by molar-refractivity contribution is 0.296. The van der Waals surface area contributed by atoms with Crippen LogP contribution in [0.4, 0.5) is 0 Å². The topological polar surface area (TPSA) is 76.8 Å². The Kier molecular flexibility index (Phi) is 4.60. The Bertz CT molecular complexity index is 768. The van der Waals surface area contributed by atoms with Crippen molar-refractivity contribution in [2.45, 2.75) is 19.6 Å². The molecule has 23 heavy (non-hydrogen) atoms. The van der Waals surface area contributed by atoms with Crippen LogP contribution in [0.15, 0.2) is 48.5 Å². The molecule has 1 aromatic heterocycles. The summed E-state index contributed by atoms with van der Waals surface area (Å²) in [6.07, 6.45) is 0. The lowest BCUT2D eigenvalue weighted by Gasteiger charge is -2.08. The Hall–Kier alpha value is -2.37. The van der Waals surface area contributed by atoms with E-state index in [2.05, 4.69) is 15.2 Å². The van der Waals surface area contributed by atoms with E-state index in [-0.39, 0.29) is 12.6 Å². The number of hydrogen-bond acceptors (Lipinski definition) is 4. The summed E-state index contributed by atoms with van der Waals surface area (Å²) in [6, 6.07) is 14.8. The minimum Gasteiger partial charge on any atom is -0.486 e. The minimum atomic E-state index is -0.365. The Labute approximate surface area is 139 Å². The molecule has 0 aliphatic carbocycles. The molecule has 3 aromatic rings. The lowest BCUT2D eigenvalue weighted by Crippen LogP contribution is -2.13. The SMILES string of the molecule is Cc1ccc(C(N)c2n[nH]c(COc3ccc(Cl)cc3)n2)cc1. The molecule has 1 heterocycles. The van der Waals surface area contributed by atoms with Crippen LogP contribution in [0.2, 0.25) is 5.02 Å². The van der Waals surface area contributed by atoms with Gasteiger partial charge in [-0.15, -0.1) is 0 Å². The molecule has 0 fully saturated rings. The lowest BCUT2D eigenvalue weighted by atomic mass is 10.1. The summed E-state index contributed by atoms with van der Waals surface area (Å²) in [4.78, 5) is 4.40. The monoisotopic (exact) mass is 328 g/mol. The minimum absolute atomic E-state index is 0.287. The van der Waals surface area contributed by atoms with Crippen LogP contribution >= 0.6 is 11.6 Å². The van der Waals surface area contributed by atoms with Crippen LogP contribution in [0, 0.1) is 6.92 Å². The van der Waals surface area contributed by atoms with E-state index in [1.165, 1.54) is 5.56 Å². The molecule has 118 valence electrons. The molecule has 0 aliphatic heterocycles. The Morgan fingerprint density at radius 2 is 1.83 bits per heavy atom. The van der Waals surface area contributed by atoms with Gasteiger partial charge in [0.1, 0.15) is 12.4 Å². The zero-order chi connectivity index (χ0) is 16.2. The van der Waals surface area contributed by atoms with Crippen LogP contribution in [0.3, 0.4) is 0 Å². The highest BCUT2D eigenvalue weighted by Gasteiger charge is 2.14. The first kappa shape index (κ1) is 15.5. The van der Waals surface area contributed by atoms with E-state index < -0.39 is 0 Å². The van der Waals surface area contributed by atoms with Gasteiger partial charge in [0.25, 0.3) is 0 Å². The van der Waals surface area contributed by atoms with Crippen molar-refractivity contribution in [1.29, 1.82) is 0 Å². The molecule has 6 heteroatoms. The van der Waals surface area contributed by atoms with Crippen molar-refractivity contribution in [2.75, 3.05) is 0 Å². The third-order valence-electron chi connectivity index (χ3n) is 3.45. The summed E-state index contributed by atoms with van der Waals surface area (Å²) in [5.41, 5.74) is 8.36. The molecule has 0 saturated carbocycles. The molecule has 0 amide bonds. The molecule has 3 N–H and O–H groups in total. The fraction of sp³-hybridized carbons (Fsp3) is 0.176. The molecule has 0 radical (unpaired) electrons. The Morgan fingerprint density at radius 1 is 1.13 bits per heavy atom. The van der Waals surface area contributed by atoms with Crippen LogP contribution in [0.1, 0.15) is 28.8 Å². The Balaban J connectivity index is 1.65. The molecular weight excluding hydrogens is 312 g/mol.